The van der Waals surface area contributed by atoms with E-state index in [1.54, 1.807) is 24.3 Å². The van der Waals surface area contributed by atoms with Crippen LogP contribution in [0.4, 0.5) is 5.69 Å². The lowest BCUT2D eigenvalue weighted by Crippen LogP contribution is -2.04. The lowest BCUT2D eigenvalue weighted by Gasteiger charge is -2.05. The molecule has 0 amide bonds. The molecule has 0 aliphatic heterocycles. The van der Waals surface area contributed by atoms with Gasteiger partial charge in [-0.1, -0.05) is 11.6 Å². The maximum absolute atomic E-state index is 12.1. The van der Waals surface area contributed by atoms with Gasteiger partial charge in [0.25, 0.3) is 0 Å². The highest BCUT2D eigenvalue weighted by molar-refractivity contribution is 6.30. The van der Waals surface area contributed by atoms with E-state index in [0.717, 1.165) is 0 Å². The Bertz CT molecular complexity index is 564. The van der Waals surface area contributed by atoms with Crippen molar-refractivity contribution < 1.29 is 9.90 Å². The van der Waals surface area contributed by atoms with Gasteiger partial charge in [-0.15, -0.1) is 0 Å². The first-order valence-corrected chi connectivity index (χ1v) is 5.34. The molecule has 3 N–H and O–H groups in total. The Balaban J connectivity index is 2.40. The molecule has 0 aliphatic carbocycles. The average molecular weight is 248 g/mol. The van der Waals surface area contributed by atoms with Gasteiger partial charge in [-0.25, -0.2) is 0 Å². The van der Waals surface area contributed by atoms with E-state index in [9.17, 15) is 9.90 Å². The Labute approximate surface area is 103 Å². The lowest BCUT2D eigenvalue weighted by molar-refractivity contribution is 0.103. The SMILES string of the molecule is Nc1cc(O)ccc1C(=O)c1ccc(Cl)cc1. The van der Waals surface area contributed by atoms with Crippen LogP contribution >= 0.6 is 11.6 Å². The molecule has 0 atom stereocenters. The summed E-state index contributed by atoms with van der Waals surface area (Å²) in [5.74, 6) is -0.158. The molecule has 0 saturated carbocycles. The third-order valence-corrected chi connectivity index (χ3v) is 2.64. The summed E-state index contributed by atoms with van der Waals surface area (Å²) in [6.07, 6.45) is 0. The number of anilines is 1. The molecule has 2 aromatic rings. The topological polar surface area (TPSA) is 63.3 Å². The number of carbonyl (C=O) groups excluding carboxylic acids is 1. The average Bonchev–Trinajstić information content (AvgIpc) is 2.29. The summed E-state index contributed by atoms with van der Waals surface area (Å²) in [5, 5.41) is 9.79. The van der Waals surface area contributed by atoms with Gasteiger partial charge < -0.3 is 10.8 Å². The first-order chi connectivity index (χ1) is 8.08. The summed E-state index contributed by atoms with van der Waals surface area (Å²) in [6, 6.07) is 10.8. The minimum atomic E-state index is -0.195. The Kier molecular flexibility index (Phi) is 3.02. The molecule has 4 heteroatoms. The Hall–Kier alpha value is -2.00. The first-order valence-electron chi connectivity index (χ1n) is 4.96. The quantitative estimate of drug-likeness (QED) is 0.634. The molecule has 0 heterocycles. The number of hydrogen-bond acceptors (Lipinski definition) is 3. The molecule has 0 spiro atoms. The minimum Gasteiger partial charge on any atom is -0.508 e. The van der Waals surface area contributed by atoms with Crippen molar-refractivity contribution in [1.82, 2.24) is 0 Å². The van der Waals surface area contributed by atoms with Crippen molar-refractivity contribution >= 4 is 23.1 Å². The Morgan fingerprint density at radius 2 is 1.76 bits per heavy atom. The first kappa shape index (κ1) is 11.5. The van der Waals surface area contributed by atoms with E-state index >= 15 is 0 Å². The second kappa shape index (κ2) is 4.47. The van der Waals surface area contributed by atoms with Crippen molar-refractivity contribution in [2.24, 2.45) is 0 Å². The molecule has 17 heavy (non-hydrogen) atoms. The van der Waals surface area contributed by atoms with Crippen LogP contribution < -0.4 is 5.73 Å². The summed E-state index contributed by atoms with van der Waals surface area (Å²) in [6.45, 7) is 0. The van der Waals surface area contributed by atoms with Gasteiger partial charge in [-0.3, -0.25) is 4.79 Å². The van der Waals surface area contributed by atoms with Gasteiger partial charge >= 0.3 is 0 Å². The number of nitrogen functional groups attached to an aromatic ring is 1. The number of rotatable bonds is 2. The number of carbonyl (C=O) groups is 1. The van der Waals surface area contributed by atoms with Crippen LogP contribution in [-0.4, -0.2) is 10.9 Å². The molecule has 0 saturated heterocycles. The van der Waals surface area contributed by atoms with Gasteiger partial charge in [-0.2, -0.15) is 0 Å². The predicted molar refractivity (Wildman–Crippen MR) is 67.4 cm³/mol. The van der Waals surface area contributed by atoms with E-state index in [0.29, 0.717) is 16.1 Å². The Morgan fingerprint density at radius 3 is 2.35 bits per heavy atom. The smallest absolute Gasteiger partial charge is 0.195 e. The van der Waals surface area contributed by atoms with Crippen molar-refractivity contribution in [3.05, 3.63) is 58.6 Å². The zero-order chi connectivity index (χ0) is 12.4. The highest BCUT2D eigenvalue weighted by Crippen LogP contribution is 2.22. The predicted octanol–water partition coefficient (Wildman–Crippen LogP) is 2.86. The van der Waals surface area contributed by atoms with Crippen LogP contribution in [-0.2, 0) is 0 Å². The molecular formula is C13H10ClNO2. The van der Waals surface area contributed by atoms with Crippen molar-refractivity contribution in [2.45, 2.75) is 0 Å². The Morgan fingerprint density at radius 1 is 1.12 bits per heavy atom. The zero-order valence-corrected chi connectivity index (χ0v) is 9.61. The normalized spacial score (nSPS) is 10.2. The van der Waals surface area contributed by atoms with Crippen LogP contribution in [0, 0.1) is 0 Å². The van der Waals surface area contributed by atoms with Crippen molar-refractivity contribution in [1.29, 1.82) is 0 Å². The summed E-state index contributed by atoms with van der Waals surface area (Å²) in [5.41, 5.74) is 6.81. The molecule has 0 aromatic heterocycles. The third kappa shape index (κ3) is 2.40. The van der Waals surface area contributed by atoms with Gasteiger partial charge in [0, 0.05) is 27.9 Å². The summed E-state index contributed by atoms with van der Waals surface area (Å²) in [4.78, 5) is 12.1. The standard InChI is InChI=1S/C13H10ClNO2/c14-9-3-1-8(2-4-9)13(17)11-6-5-10(16)7-12(11)15/h1-7,16H,15H2. The fraction of sp³-hybridized carbons (Fsp3) is 0. The summed E-state index contributed by atoms with van der Waals surface area (Å²) < 4.78 is 0. The molecule has 0 unspecified atom stereocenters. The number of benzene rings is 2. The van der Waals surface area contributed by atoms with Crippen LogP contribution in [0.5, 0.6) is 5.75 Å². The van der Waals surface area contributed by atoms with Crippen LogP contribution in [0.3, 0.4) is 0 Å². The molecule has 0 fully saturated rings. The molecule has 0 bridgehead atoms. The van der Waals surface area contributed by atoms with Gasteiger partial charge in [0.1, 0.15) is 5.75 Å². The molecule has 3 nitrogen and oxygen atoms in total. The molecule has 0 radical (unpaired) electrons. The largest absolute Gasteiger partial charge is 0.508 e. The minimum absolute atomic E-state index is 0.0372. The van der Waals surface area contributed by atoms with Gasteiger partial charge in [-0.05, 0) is 36.4 Å². The fourth-order valence-electron chi connectivity index (χ4n) is 1.51. The number of ketones is 1. The fourth-order valence-corrected chi connectivity index (χ4v) is 1.64. The number of aromatic hydroxyl groups is 1. The van der Waals surface area contributed by atoms with Gasteiger partial charge in [0.2, 0.25) is 0 Å². The van der Waals surface area contributed by atoms with Crippen LogP contribution in [0.25, 0.3) is 0 Å². The van der Waals surface area contributed by atoms with E-state index in [4.69, 9.17) is 17.3 Å². The maximum Gasteiger partial charge on any atom is 0.195 e. The van der Waals surface area contributed by atoms with Crippen LogP contribution in [0.2, 0.25) is 5.02 Å². The number of phenols is 1. The number of phenolic OH excluding ortho intramolecular Hbond substituents is 1. The van der Waals surface area contributed by atoms with Crippen molar-refractivity contribution in [3.8, 4) is 5.75 Å². The monoisotopic (exact) mass is 247 g/mol. The van der Waals surface area contributed by atoms with Crippen LogP contribution in [0.1, 0.15) is 15.9 Å². The van der Waals surface area contributed by atoms with E-state index in [-0.39, 0.29) is 17.2 Å². The number of nitrogens with two attached hydrogens (primary N) is 1. The maximum atomic E-state index is 12.1. The van der Waals surface area contributed by atoms with Crippen molar-refractivity contribution in [3.63, 3.8) is 0 Å². The zero-order valence-electron chi connectivity index (χ0n) is 8.85. The van der Waals surface area contributed by atoms with Gasteiger partial charge in [0.05, 0.1) is 0 Å². The summed E-state index contributed by atoms with van der Waals surface area (Å²) in [7, 11) is 0. The highest BCUT2D eigenvalue weighted by Gasteiger charge is 2.12. The lowest BCUT2D eigenvalue weighted by atomic mass is 10.0. The molecule has 2 rings (SSSR count). The second-order valence-electron chi connectivity index (χ2n) is 3.61. The molecule has 86 valence electrons. The van der Waals surface area contributed by atoms with Crippen LogP contribution in [0.15, 0.2) is 42.5 Å². The summed E-state index contributed by atoms with van der Waals surface area (Å²) >= 11 is 5.75. The number of hydrogen-bond donors (Lipinski definition) is 2. The molecule has 2 aromatic carbocycles. The highest BCUT2D eigenvalue weighted by atomic mass is 35.5. The molecular weight excluding hydrogens is 238 g/mol. The number of halogens is 1. The van der Waals surface area contributed by atoms with E-state index in [2.05, 4.69) is 0 Å². The van der Waals surface area contributed by atoms with E-state index in [1.807, 2.05) is 0 Å². The third-order valence-electron chi connectivity index (χ3n) is 2.39. The second-order valence-corrected chi connectivity index (χ2v) is 4.04. The molecule has 0 aliphatic rings. The van der Waals surface area contributed by atoms with E-state index in [1.165, 1.54) is 18.2 Å². The van der Waals surface area contributed by atoms with Gasteiger partial charge in [0.15, 0.2) is 5.78 Å². The van der Waals surface area contributed by atoms with Crippen molar-refractivity contribution in [2.75, 3.05) is 5.73 Å². The van der Waals surface area contributed by atoms with E-state index < -0.39 is 0 Å².